The fourth-order valence-electron chi connectivity index (χ4n) is 1.84. The molecular weight excluding hydrogens is 246 g/mol. The van der Waals surface area contributed by atoms with Crippen molar-refractivity contribution in [1.29, 1.82) is 0 Å². The Kier molecular flexibility index (Phi) is 5.81. The third-order valence-corrected chi connectivity index (χ3v) is 2.75. The lowest BCUT2D eigenvalue weighted by Crippen LogP contribution is -2.56. The number of rotatable bonds is 8. The smallest absolute Gasteiger partial charge is 0.244 e. The summed E-state index contributed by atoms with van der Waals surface area (Å²) >= 11 is 0. The largest absolute Gasteiger partial charge is 0.382 e. The maximum atomic E-state index is 11.9. The van der Waals surface area contributed by atoms with E-state index in [-0.39, 0.29) is 13.2 Å². The third-order valence-electron chi connectivity index (χ3n) is 2.75. The minimum atomic E-state index is -1.12. The van der Waals surface area contributed by atoms with E-state index < -0.39 is 11.4 Å². The molecule has 0 fully saturated rings. The second-order valence-electron chi connectivity index (χ2n) is 3.95. The Morgan fingerprint density at radius 1 is 1.53 bits per heavy atom. The van der Waals surface area contributed by atoms with Crippen LogP contribution in [-0.4, -0.2) is 32.7 Å². The molecule has 1 aromatic carbocycles. The molecule has 1 atom stereocenters. The van der Waals surface area contributed by atoms with Crippen molar-refractivity contribution in [2.45, 2.75) is 5.54 Å². The molecule has 0 aromatic heterocycles. The summed E-state index contributed by atoms with van der Waals surface area (Å²) in [6, 6.07) is 9.08. The first-order chi connectivity index (χ1) is 9.17. The van der Waals surface area contributed by atoms with Crippen molar-refractivity contribution in [2.24, 2.45) is 10.8 Å². The van der Waals surface area contributed by atoms with E-state index in [4.69, 9.17) is 16.0 Å². The number of carbonyl (C=O) groups excluding carboxylic acids is 1. The van der Waals surface area contributed by atoms with Gasteiger partial charge in [-0.3, -0.25) is 10.1 Å². The maximum absolute atomic E-state index is 11.9. The van der Waals surface area contributed by atoms with Crippen LogP contribution in [0.1, 0.15) is 5.56 Å². The van der Waals surface area contributed by atoms with Gasteiger partial charge in [-0.2, -0.15) is 0 Å². The van der Waals surface area contributed by atoms with Crippen LogP contribution in [0.3, 0.4) is 0 Å². The van der Waals surface area contributed by atoms with Crippen molar-refractivity contribution < 1.29 is 9.53 Å². The van der Waals surface area contributed by atoms with Crippen molar-refractivity contribution in [3.8, 4) is 0 Å². The minimum absolute atomic E-state index is 0.0998. The number of benzene rings is 1. The Hall–Kier alpha value is -2.08. The van der Waals surface area contributed by atoms with Crippen LogP contribution < -0.4 is 11.1 Å². The van der Waals surface area contributed by atoms with Crippen molar-refractivity contribution in [2.75, 3.05) is 26.8 Å². The number of methoxy groups -OCH3 is 1. The molecule has 3 N–H and O–H groups in total. The second-order valence-corrected chi connectivity index (χ2v) is 3.95. The molecule has 0 heterocycles. The van der Waals surface area contributed by atoms with Gasteiger partial charge in [0.25, 0.3) is 0 Å². The first-order valence-corrected chi connectivity index (χ1v) is 5.77. The molecule has 1 unspecified atom stereocenters. The van der Waals surface area contributed by atoms with E-state index >= 15 is 0 Å². The quantitative estimate of drug-likeness (QED) is 0.314. The zero-order valence-corrected chi connectivity index (χ0v) is 10.7. The van der Waals surface area contributed by atoms with Gasteiger partial charge in [0.1, 0.15) is 5.54 Å². The van der Waals surface area contributed by atoms with Gasteiger partial charge in [0.2, 0.25) is 5.91 Å². The topological polar surface area (TPSA) is 113 Å². The van der Waals surface area contributed by atoms with E-state index in [1.165, 1.54) is 7.11 Å². The second kappa shape index (κ2) is 7.38. The van der Waals surface area contributed by atoms with E-state index in [1.807, 2.05) is 18.2 Å². The van der Waals surface area contributed by atoms with E-state index in [1.54, 1.807) is 12.1 Å². The fourth-order valence-corrected chi connectivity index (χ4v) is 1.84. The molecule has 0 saturated carbocycles. The van der Waals surface area contributed by atoms with Crippen molar-refractivity contribution in [1.82, 2.24) is 5.32 Å². The summed E-state index contributed by atoms with van der Waals surface area (Å²) in [6.07, 6.45) is 0. The van der Waals surface area contributed by atoms with Gasteiger partial charge in [0.05, 0.1) is 6.61 Å². The van der Waals surface area contributed by atoms with Gasteiger partial charge in [0.15, 0.2) is 0 Å². The molecule has 0 saturated heterocycles. The number of primary amides is 1. The lowest BCUT2D eigenvalue weighted by atomic mass is 9.89. The molecule has 102 valence electrons. The number of nitrogens with zero attached hydrogens (tertiary/aromatic N) is 3. The van der Waals surface area contributed by atoms with Crippen LogP contribution in [0.25, 0.3) is 10.4 Å². The maximum Gasteiger partial charge on any atom is 0.244 e. The summed E-state index contributed by atoms with van der Waals surface area (Å²) in [7, 11) is 1.50. The predicted octanol–water partition coefficient (Wildman–Crippen LogP) is 0.914. The van der Waals surface area contributed by atoms with Gasteiger partial charge in [0, 0.05) is 25.1 Å². The zero-order chi connectivity index (χ0) is 14.1. The van der Waals surface area contributed by atoms with Crippen LogP contribution in [0.2, 0.25) is 0 Å². The van der Waals surface area contributed by atoms with Crippen molar-refractivity contribution in [3.63, 3.8) is 0 Å². The summed E-state index contributed by atoms with van der Waals surface area (Å²) in [5.41, 5.74) is 13.3. The highest BCUT2D eigenvalue weighted by Gasteiger charge is 2.37. The molecule has 0 bridgehead atoms. The average molecular weight is 263 g/mol. The van der Waals surface area contributed by atoms with Crippen LogP contribution in [0.4, 0.5) is 0 Å². The molecule has 0 aliphatic carbocycles. The van der Waals surface area contributed by atoms with Gasteiger partial charge < -0.3 is 10.5 Å². The predicted molar refractivity (Wildman–Crippen MR) is 71.2 cm³/mol. The number of ether oxygens (including phenoxy) is 1. The summed E-state index contributed by atoms with van der Waals surface area (Å²) in [5.74, 6) is -0.540. The molecule has 7 nitrogen and oxygen atoms in total. The molecule has 1 aromatic rings. The molecule has 1 amide bonds. The van der Waals surface area contributed by atoms with Crippen molar-refractivity contribution in [3.05, 3.63) is 46.3 Å². The van der Waals surface area contributed by atoms with Gasteiger partial charge in [-0.25, -0.2) is 0 Å². The van der Waals surface area contributed by atoms with Crippen LogP contribution in [0, 0.1) is 0 Å². The highest BCUT2D eigenvalue weighted by atomic mass is 16.5. The molecule has 7 heteroatoms. The first kappa shape index (κ1) is 15.0. The molecule has 1 rings (SSSR count). The molecular formula is C12H17N5O2. The van der Waals surface area contributed by atoms with E-state index in [9.17, 15) is 4.79 Å². The van der Waals surface area contributed by atoms with Crippen LogP contribution in [-0.2, 0) is 15.1 Å². The number of nitrogens with two attached hydrogens (primary N) is 1. The SMILES string of the molecule is COCC(NCCN=[N+]=[N-])(C(N)=O)c1ccccc1. The van der Waals surface area contributed by atoms with Gasteiger partial charge in [-0.05, 0) is 11.1 Å². The van der Waals surface area contributed by atoms with Crippen LogP contribution >= 0.6 is 0 Å². The van der Waals surface area contributed by atoms with Crippen LogP contribution in [0.15, 0.2) is 35.4 Å². The molecule has 19 heavy (non-hydrogen) atoms. The Bertz CT molecular complexity index is 458. The Morgan fingerprint density at radius 3 is 2.74 bits per heavy atom. The number of nitrogens with one attached hydrogen (secondary N) is 1. The van der Waals surface area contributed by atoms with Gasteiger partial charge in [-0.15, -0.1) is 0 Å². The molecule has 0 radical (unpaired) electrons. The highest BCUT2D eigenvalue weighted by Crippen LogP contribution is 2.21. The van der Waals surface area contributed by atoms with Crippen LogP contribution in [0.5, 0.6) is 0 Å². The molecule has 0 aliphatic heterocycles. The number of azide groups is 1. The summed E-state index contributed by atoms with van der Waals surface area (Å²) in [4.78, 5) is 14.5. The minimum Gasteiger partial charge on any atom is -0.382 e. The molecule has 0 aliphatic rings. The zero-order valence-electron chi connectivity index (χ0n) is 10.7. The van der Waals surface area contributed by atoms with Gasteiger partial charge in [-0.1, -0.05) is 35.4 Å². The lowest BCUT2D eigenvalue weighted by molar-refractivity contribution is -0.127. The standard InChI is InChI=1S/C12H17N5O2/c1-19-9-12(11(13)18,15-7-8-16-17-14)10-5-3-2-4-6-10/h2-6,15H,7-9H2,1H3,(H2,13,18). The Morgan fingerprint density at radius 2 is 2.21 bits per heavy atom. The highest BCUT2D eigenvalue weighted by molar-refractivity contribution is 5.86. The lowest BCUT2D eigenvalue weighted by Gasteiger charge is -2.31. The van der Waals surface area contributed by atoms with Gasteiger partial charge >= 0.3 is 0 Å². The Labute approximate surface area is 111 Å². The average Bonchev–Trinajstić information content (AvgIpc) is 2.43. The third kappa shape index (κ3) is 3.69. The first-order valence-electron chi connectivity index (χ1n) is 5.77. The fraction of sp³-hybridized carbons (Fsp3) is 0.417. The molecule has 0 spiro atoms. The summed E-state index contributed by atoms with van der Waals surface area (Å²) in [6.45, 7) is 0.649. The van der Waals surface area contributed by atoms with E-state index in [2.05, 4.69) is 15.3 Å². The number of hydrogen-bond donors (Lipinski definition) is 2. The Balaban J connectivity index is 3.00. The number of amides is 1. The number of hydrogen-bond acceptors (Lipinski definition) is 4. The van der Waals surface area contributed by atoms with E-state index in [0.717, 1.165) is 0 Å². The number of carbonyl (C=O) groups is 1. The monoisotopic (exact) mass is 263 g/mol. The normalized spacial score (nSPS) is 13.3. The summed E-state index contributed by atoms with van der Waals surface area (Å²) < 4.78 is 5.11. The van der Waals surface area contributed by atoms with E-state index in [0.29, 0.717) is 12.1 Å². The van der Waals surface area contributed by atoms with Crippen molar-refractivity contribution >= 4 is 5.91 Å². The summed E-state index contributed by atoms with van der Waals surface area (Å²) in [5, 5.41) is 6.43.